The number of ether oxygens (including phenoxy) is 14. The van der Waals surface area contributed by atoms with Crippen molar-refractivity contribution < 1.29 is 219 Å². The van der Waals surface area contributed by atoms with Crippen LogP contribution in [0.25, 0.3) is 0 Å². The van der Waals surface area contributed by atoms with E-state index >= 15 is 0 Å². The molecule has 14 bridgehead atoms. The second-order valence-electron chi connectivity index (χ2n) is 39.4. The molecule has 21 aliphatic heterocycles. The molecule has 832 valence electrons. The standard InChI is InChI=1S/C96H130O47S6/c1-38-19-44(7)84(45(8)20-38)144(112,113)124-32-57-78-65(100)72(107)92(132-57)140-80-59(34-126-146(116,117)86-48(11)23-40(3)24-49(86)12)134-94(74(109)67(80)102)142-82-61(36-128-148(120,121)88-52(15)27-42(5)28-53(88)16)136-96(76(111)69(82)104)143-83-62(37-129-149(122,123)89-54(17)29-43(6)30-55(89)18)135-95(75(110)68(83)103)141-81-60(35-127-147(118,119)87-50(13)25-41(4)26-51(87)14)133-93(73(108)66(81)101)139-79-58(33-125-145(114,115)85-46(9)21-39(2)22-47(85)10)131-91(71(106)64(79)99)137-77-56(31-97)130-90(138-78)70(105)63(77)98/h19-30,56-83,90-111H,31-37H2,1-18H3/t56-,57-,58-,59-,60-,61-,62-,63-,64-,65-,66-,67-,68-,69-,70-,71-,72-,73-,74-,75-,76-,77-,78-,79-,80-,81-,82-,83-,90-,91-,92-,93-,94-,95-,96-/m1/s1. The molecule has 0 saturated carbocycles. The van der Waals surface area contributed by atoms with Crippen molar-refractivity contribution in [2.45, 2.75) is 369 Å². The van der Waals surface area contributed by atoms with Crippen molar-refractivity contribution in [1.82, 2.24) is 0 Å². The first-order valence-electron chi connectivity index (χ1n) is 47.6. The lowest BCUT2D eigenvalue weighted by atomic mass is 9.95. The first kappa shape index (κ1) is 118. The van der Waals surface area contributed by atoms with Crippen molar-refractivity contribution in [3.05, 3.63) is 173 Å². The number of rotatable bonds is 25. The Morgan fingerprint density at radius 3 is 0.403 bits per heavy atom. The molecule has 0 radical (unpaired) electrons. The van der Waals surface area contributed by atoms with Crippen LogP contribution in [0.15, 0.2) is 102 Å². The number of aliphatic hydroxyl groups excluding tert-OH is 15. The van der Waals surface area contributed by atoms with Gasteiger partial charge < -0.3 is 143 Å². The van der Waals surface area contributed by atoms with Gasteiger partial charge in [0.15, 0.2) is 44.0 Å². The van der Waals surface area contributed by atoms with Crippen molar-refractivity contribution in [2.75, 3.05) is 46.2 Å². The Morgan fingerprint density at radius 2 is 0.289 bits per heavy atom. The highest BCUT2D eigenvalue weighted by molar-refractivity contribution is 7.88. The molecule has 27 rings (SSSR count). The van der Waals surface area contributed by atoms with Crippen LogP contribution in [0.2, 0.25) is 0 Å². The molecular weight excluding hydrogens is 2100 g/mol. The van der Waals surface area contributed by atoms with Gasteiger partial charge in [-0.15, -0.1) is 0 Å². The first-order chi connectivity index (χ1) is 69.5. The van der Waals surface area contributed by atoms with Crippen molar-refractivity contribution in [2.24, 2.45) is 0 Å². The summed E-state index contributed by atoms with van der Waals surface area (Å²) in [7, 11) is -30.4. The highest BCUT2D eigenvalue weighted by Crippen LogP contribution is 2.44. The maximum absolute atomic E-state index is 14.8. The Bertz CT molecular complexity index is 6120. The summed E-state index contributed by atoms with van der Waals surface area (Å²) >= 11 is 0. The Kier molecular flexibility index (Phi) is 36.8. The summed E-state index contributed by atoms with van der Waals surface area (Å²) in [6.07, 6.45) is -87.1. The van der Waals surface area contributed by atoms with Crippen LogP contribution in [0.5, 0.6) is 0 Å². The first-order valence-corrected chi connectivity index (χ1v) is 56.1. The molecule has 21 aliphatic rings. The van der Waals surface area contributed by atoms with Crippen molar-refractivity contribution in [3.63, 3.8) is 0 Å². The Balaban J connectivity index is 0.904. The van der Waals surface area contributed by atoms with Gasteiger partial charge in [0.05, 0.1) is 75.6 Å². The van der Waals surface area contributed by atoms with Crippen LogP contribution >= 0.6 is 0 Å². The van der Waals surface area contributed by atoms with Gasteiger partial charge >= 0.3 is 0 Å². The molecule has 47 nitrogen and oxygen atoms in total. The van der Waals surface area contributed by atoms with Crippen molar-refractivity contribution in [3.8, 4) is 0 Å². The number of hydrogen-bond acceptors (Lipinski definition) is 47. The maximum Gasteiger partial charge on any atom is 0.297 e. The van der Waals surface area contributed by atoms with Gasteiger partial charge in [0.2, 0.25) is 0 Å². The van der Waals surface area contributed by atoms with Crippen LogP contribution < -0.4 is 0 Å². The molecule has 0 unspecified atom stereocenters. The van der Waals surface area contributed by atoms with E-state index in [2.05, 4.69) is 0 Å². The quantitative estimate of drug-likeness (QED) is 0.0299. The van der Waals surface area contributed by atoms with Crippen LogP contribution in [-0.4, -0.2) is 388 Å². The van der Waals surface area contributed by atoms with Gasteiger partial charge in [-0.1, -0.05) is 106 Å². The summed E-state index contributed by atoms with van der Waals surface area (Å²) in [5.74, 6) is 0. The minimum Gasteiger partial charge on any atom is -0.394 e. The summed E-state index contributed by atoms with van der Waals surface area (Å²) in [6.45, 7) is 17.6. The fraction of sp³-hybridized carbons (Fsp3) is 0.625. The maximum atomic E-state index is 14.8. The zero-order chi connectivity index (χ0) is 110. The van der Waals surface area contributed by atoms with Crippen molar-refractivity contribution >= 4 is 60.7 Å². The smallest absolute Gasteiger partial charge is 0.297 e. The van der Waals surface area contributed by atoms with E-state index in [0.717, 1.165) is 0 Å². The molecule has 35 atom stereocenters. The second kappa shape index (κ2) is 46.4. The third-order valence-corrected chi connectivity index (χ3v) is 36.7. The lowest BCUT2D eigenvalue weighted by Crippen LogP contribution is -2.68. The minimum absolute atomic E-state index is 0.122. The van der Waals surface area contributed by atoms with Crippen LogP contribution in [0.4, 0.5) is 0 Å². The average Bonchev–Trinajstić information content (AvgIpc) is 0.902. The van der Waals surface area contributed by atoms with E-state index in [-0.39, 0.29) is 66.8 Å². The van der Waals surface area contributed by atoms with E-state index in [9.17, 15) is 127 Å². The molecule has 0 aromatic heterocycles. The molecule has 21 fully saturated rings. The summed E-state index contributed by atoms with van der Waals surface area (Å²) in [6, 6.07) is 17.8. The van der Waals surface area contributed by atoms with Crippen molar-refractivity contribution in [1.29, 1.82) is 0 Å². The lowest BCUT2D eigenvalue weighted by Gasteiger charge is -2.50. The molecule has 6 aromatic carbocycles. The topological polar surface area (TPSA) is 693 Å². The predicted molar refractivity (Wildman–Crippen MR) is 509 cm³/mol. The second-order valence-corrected chi connectivity index (χ2v) is 48.7. The molecule has 15 N–H and O–H groups in total. The van der Waals surface area contributed by atoms with Gasteiger partial charge in [0.1, 0.15) is 171 Å². The van der Waals surface area contributed by atoms with Crippen LogP contribution in [0.3, 0.4) is 0 Å². The Hall–Kier alpha value is -6.38. The lowest BCUT2D eigenvalue weighted by molar-refractivity contribution is -0.396. The van der Waals surface area contributed by atoms with Crippen LogP contribution in [-0.2, 0) is 152 Å². The third-order valence-electron chi connectivity index (χ3n) is 27.2. The van der Waals surface area contributed by atoms with E-state index in [0.29, 0.717) is 33.4 Å². The minimum atomic E-state index is -5.09. The molecule has 149 heavy (non-hydrogen) atoms. The van der Waals surface area contributed by atoms with E-state index < -0.39 is 351 Å². The highest BCUT2D eigenvalue weighted by atomic mass is 32.2. The van der Waals surface area contributed by atoms with Gasteiger partial charge in [-0.3, -0.25) is 25.1 Å². The number of benzene rings is 6. The predicted octanol–water partition coefficient (Wildman–Crippen LogP) is -1.20. The number of aryl methyl sites for hydroxylation is 18. The summed E-state index contributed by atoms with van der Waals surface area (Å²) < 4.78 is 298. The summed E-state index contributed by atoms with van der Waals surface area (Å²) in [5.41, 5.74) is 5.15. The molecule has 6 aromatic rings. The molecule has 0 spiro atoms. The van der Waals surface area contributed by atoms with E-state index in [1.807, 2.05) is 0 Å². The van der Waals surface area contributed by atoms with E-state index in [4.69, 9.17) is 91.4 Å². The molecular formula is C96H130O47S6. The number of hydrogen-bond donors (Lipinski definition) is 15. The van der Waals surface area contributed by atoms with E-state index in [1.54, 1.807) is 41.5 Å². The van der Waals surface area contributed by atoms with Gasteiger partial charge in [-0.05, 0) is 191 Å². The molecule has 53 heteroatoms. The average molecular weight is 2230 g/mol. The Morgan fingerprint density at radius 1 is 0.181 bits per heavy atom. The van der Waals surface area contributed by atoms with Gasteiger partial charge in [0.25, 0.3) is 60.7 Å². The SMILES string of the molecule is Cc1cc(C)c(S(=O)(=O)OC[C@H]2O[C@@H]3O[C@H]4[C@H](O)[C@@H](O)[C@@H](O[C@H]5[C@H](O)[C@@H](O)[C@@H](O[C@H]6[C@H](O)[C@@H](O)[C@@H](O[C@H]7[C@H](O)[C@@H](O)[C@@H](O[C@H]8[C@H](O)[C@@H](O)[C@@H](O[C@H]9[C@H](O)[C@@H](O)[C@@H](O[C@H]2[C@H](O)[C@H]3O)O[C@@H]9CO)O[C@@H]8COS(=O)(=O)c2c(C)cc(C)cc2C)O[C@@H]7COS(=O)(=O)c2c(C)cc(C)cc2C)O[C@@H]6COS(=O)(=O)c2c(C)cc(C)cc2C)O[C@@H]5COS(=O)(=O)c2c(C)cc(C)cc2C)O[C@@H]4COS(=O)(=O)c2c(C)cc(C)cc2C)c(C)c1. The number of aliphatic hydroxyl groups is 15. The monoisotopic (exact) mass is 2230 g/mol. The summed E-state index contributed by atoms with van der Waals surface area (Å²) in [4.78, 5) is -2.45. The zero-order valence-electron chi connectivity index (χ0n) is 84.3. The normalized spacial score (nSPS) is 35.0. The molecule has 21 heterocycles. The van der Waals surface area contributed by atoms with Gasteiger partial charge in [0, 0.05) is 0 Å². The highest BCUT2D eigenvalue weighted by Gasteiger charge is 2.62. The molecule has 21 saturated heterocycles. The zero-order valence-corrected chi connectivity index (χ0v) is 89.2. The largest absolute Gasteiger partial charge is 0.394 e. The summed E-state index contributed by atoms with van der Waals surface area (Å²) in [5, 5.41) is 188. The van der Waals surface area contributed by atoms with Crippen LogP contribution in [0, 0.1) is 125 Å². The fourth-order valence-corrected chi connectivity index (χ4v) is 29.0. The Labute approximate surface area is 862 Å². The van der Waals surface area contributed by atoms with Crippen LogP contribution in [0.1, 0.15) is 100 Å². The third kappa shape index (κ3) is 25.1. The molecule has 0 amide bonds. The van der Waals surface area contributed by atoms with Gasteiger partial charge in [-0.25, -0.2) is 0 Å². The van der Waals surface area contributed by atoms with E-state index in [1.165, 1.54) is 156 Å². The van der Waals surface area contributed by atoms with Gasteiger partial charge in [-0.2, -0.15) is 50.5 Å². The fourth-order valence-electron chi connectivity index (χ4n) is 21.0. The molecule has 0 aliphatic carbocycles.